The quantitative estimate of drug-likeness (QED) is 0.858. The minimum atomic E-state index is -0.404. The van der Waals surface area contributed by atoms with E-state index in [-0.39, 0.29) is 5.75 Å². The summed E-state index contributed by atoms with van der Waals surface area (Å²) in [6.07, 6.45) is 2.98. The van der Waals surface area contributed by atoms with Gasteiger partial charge in [0.05, 0.1) is 11.2 Å². The Balaban J connectivity index is 2.02. The molecule has 0 aliphatic heterocycles. The summed E-state index contributed by atoms with van der Waals surface area (Å²) in [5, 5.41) is 3.72. The van der Waals surface area contributed by atoms with Crippen molar-refractivity contribution in [2.75, 3.05) is 6.54 Å². The molecule has 0 unspecified atom stereocenters. The molecule has 1 N–H and O–H groups in total. The summed E-state index contributed by atoms with van der Waals surface area (Å²) in [6, 6.07) is 6.51. The molecule has 0 aliphatic carbocycles. The molecule has 5 heteroatoms. The van der Waals surface area contributed by atoms with Crippen molar-refractivity contribution in [1.82, 2.24) is 10.3 Å². The molecule has 0 saturated carbocycles. The van der Waals surface area contributed by atoms with Crippen molar-refractivity contribution in [3.8, 4) is 11.5 Å². The zero-order chi connectivity index (χ0) is 15.2. The minimum absolute atomic E-state index is 0.159. The SMILES string of the molecule is CC(C)CNCc1ccc(Oc2cncc(Cl)c2)c(F)c1. The zero-order valence-corrected chi connectivity index (χ0v) is 12.8. The number of benzene rings is 1. The van der Waals surface area contributed by atoms with Crippen LogP contribution < -0.4 is 10.1 Å². The Morgan fingerprint density at radius 2 is 2.10 bits per heavy atom. The maximum atomic E-state index is 14.0. The second-order valence-corrected chi connectivity index (χ2v) is 5.67. The molecule has 0 aliphatic rings. The van der Waals surface area contributed by atoms with E-state index < -0.39 is 5.82 Å². The third-order valence-corrected chi connectivity index (χ3v) is 2.99. The lowest BCUT2D eigenvalue weighted by Crippen LogP contribution is -2.18. The van der Waals surface area contributed by atoms with Crippen LogP contribution in [-0.2, 0) is 6.54 Å². The first-order chi connectivity index (χ1) is 10.0. The number of rotatable bonds is 6. The van der Waals surface area contributed by atoms with Gasteiger partial charge in [0.1, 0.15) is 5.75 Å². The van der Waals surface area contributed by atoms with Crippen molar-refractivity contribution >= 4 is 11.6 Å². The van der Waals surface area contributed by atoms with Crippen LogP contribution in [0.25, 0.3) is 0 Å². The number of halogens is 2. The van der Waals surface area contributed by atoms with Gasteiger partial charge in [-0.3, -0.25) is 4.98 Å². The maximum absolute atomic E-state index is 14.0. The van der Waals surface area contributed by atoms with E-state index in [9.17, 15) is 4.39 Å². The topological polar surface area (TPSA) is 34.1 Å². The third-order valence-electron chi connectivity index (χ3n) is 2.79. The summed E-state index contributed by atoms with van der Waals surface area (Å²) in [5.41, 5.74) is 0.879. The maximum Gasteiger partial charge on any atom is 0.166 e. The third kappa shape index (κ3) is 4.99. The highest BCUT2D eigenvalue weighted by molar-refractivity contribution is 6.30. The number of ether oxygens (including phenoxy) is 1. The molecule has 1 aromatic carbocycles. The summed E-state index contributed by atoms with van der Waals surface area (Å²) < 4.78 is 19.5. The predicted octanol–water partition coefficient (Wildman–Crippen LogP) is 4.41. The van der Waals surface area contributed by atoms with Crippen LogP contribution >= 0.6 is 11.6 Å². The average Bonchev–Trinajstić information content (AvgIpc) is 2.41. The standard InChI is InChI=1S/C16H18ClFN2O/c1-11(2)7-19-8-12-3-4-16(15(18)5-12)21-14-6-13(17)9-20-10-14/h3-6,9-11,19H,7-8H2,1-2H3. The largest absolute Gasteiger partial charge is 0.453 e. The Hall–Kier alpha value is -1.65. The van der Waals surface area contributed by atoms with Gasteiger partial charge in [-0.2, -0.15) is 0 Å². The highest BCUT2D eigenvalue weighted by Crippen LogP contribution is 2.26. The molecule has 0 saturated heterocycles. The number of pyridine rings is 1. The van der Waals surface area contributed by atoms with Crippen LogP contribution in [0.3, 0.4) is 0 Å². The second kappa shape index (κ2) is 7.38. The number of aromatic nitrogens is 1. The van der Waals surface area contributed by atoms with Gasteiger partial charge >= 0.3 is 0 Å². The Bertz CT molecular complexity index is 605. The van der Waals surface area contributed by atoms with Crippen molar-refractivity contribution < 1.29 is 9.13 Å². The van der Waals surface area contributed by atoms with Gasteiger partial charge in [0, 0.05) is 18.8 Å². The van der Waals surface area contributed by atoms with Crippen LogP contribution in [0.5, 0.6) is 11.5 Å². The molecule has 1 heterocycles. The molecule has 2 aromatic rings. The fourth-order valence-corrected chi connectivity index (χ4v) is 1.98. The fourth-order valence-electron chi connectivity index (χ4n) is 1.82. The molecule has 112 valence electrons. The lowest BCUT2D eigenvalue weighted by atomic mass is 10.2. The molecule has 1 aromatic heterocycles. The summed E-state index contributed by atoms with van der Waals surface area (Å²) in [7, 11) is 0. The van der Waals surface area contributed by atoms with Crippen molar-refractivity contribution in [2.24, 2.45) is 5.92 Å². The van der Waals surface area contributed by atoms with E-state index in [0.29, 0.717) is 23.2 Å². The van der Waals surface area contributed by atoms with Crippen LogP contribution in [0.15, 0.2) is 36.7 Å². The van der Waals surface area contributed by atoms with Crippen LogP contribution in [0.4, 0.5) is 4.39 Å². The zero-order valence-electron chi connectivity index (χ0n) is 12.1. The molecule has 0 fully saturated rings. The number of hydrogen-bond acceptors (Lipinski definition) is 3. The van der Waals surface area contributed by atoms with Gasteiger partial charge in [0.25, 0.3) is 0 Å². The fraction of sp³-hybridized carbons (Fsp3) is 0.312. The molecule has 3 nitrogen and oxygen atoms in total. The molecule has 0 bridgehead atoms. The van der Waals surface area contributed by atoms with Crippen LogP contribution in [0, 0.1) is 11.7 Å². The van der Waals surface area contributed by atoms with E-state index in [1.165, 1.54) is 18.5 Å². The minimum Gasteiger partial charge on any atom is -0.453 e. The first kappa shape index (κ1) is 15.7. The molecular formula is C16H18ClFN2O. The van der Waals surface area contributed by atoms with Gasteiger partial charge in [-0.25, -0.2) is 4.39 Å². The van der Waals surface area contributed by atoms with Gasteiger partial charge in [0.15, 0.2) is 11.6 Å². The molecule has 21 heavy (non-hydrogen) atoms. The van der Waals surface area contributed by atoms with Crippen molar-refractivity contribution in [3.05, 3.63) is 53.1 Å². The van der Waals surface area contributed by atoms with E-state index in [1.807, 2.05) is 6.07 Å². The molecule has 0 atom stereocenters. The molecule has 2 rings (SSSR count). The lowest BCUT2D eigenvalue weighted by Gasteiger charge is -2.10. The van der Waals surface area contributed by atoms with Gasteiger partial charge in [0.2, 0.25) is 0 Å². The van der Waals surface area contributed by atoms with Crippen molar-refractivity contribution in [3.63, 3.8) is 0 Å². The highest BCUT2D eigenvalue weighted by Gasteiger charge is 2.07. The normalized spacial score (nSPS) is 10.9. The first-order valence-corrected chi connectivity index (χ1v) is 7.20. The van der Waals surface area contributed by atoms with Gasteiger partial charge < -0.3 is 10.1 Å². The Morgan fingerprint density at radius 1 is 1.29 bits per heavy atom. The number of nitrogens with one attached hydrogen (secondary N) is 1. The first-order valence-electron chi connectivity index (χ1n) is 6.82. The molecular weight excluding hydrogens is 291 g/mol. The van der Waals surface area contributed by atoms with E-state index >= 15 is 0 Å². The van der Waals surface area contributed by atoms with Crippen molar-refractivity contribution in [1.29, 1.82) is 0 Å². The summed E-state index contributed by atoms with van der Waals surface area (Å²) in [5.74, 6) is 0.727. The summed E-state index contributed by atoms with van der Waals surface area (Å²) >= 11 is 5.81. The number of nitrogens with zero attached hydrogens (tertiary/aromatic N) is 1. The Kier molecular flexibility index (Phi) is 5.53. The smallest absolute Gasteiger partial charge is 0.166 e. The van der Waals surface area contributed by atoms with Gasteiger partial charge in [-0.15, -0.1) is 0 Å². The second-order valence-electron chi connectivity index (χ2n) is 5.23. The average molecular weight is 309 g/mol. The highest BCUT2D eigenvalue weighted by atomic mass is 35.5. The summed E-state index contributed by atoms with van der Waals surface area (Å²) in [4.78, 5) is 3.90. The van der Waals surface area contributed by atoms with Gasteiger partial charge in [-0.1, -0.05) is 31.5 Å². The molecule has 0 radical (unpaired) electrons. The monoisotopic (exact) mass is 308 g/mol. The summed E-state index contributed by atoms with van der Waals surface area (Å²) in [6.45, 7) is 5.79. The van der Waals surface area contributed by atoms with E-state index in [4.69, 9.17) is 16.3 Å². The Labute approximate surface area is 129 Å². The van der Waals surface area contributed by atoms with E-state index in [0.717, 1.165) is 12.1 Å². The molecule has 0 amide bonds. The molecule has 0 spiro atoms. The lowest BCUT2D eigenvalue weighted by molar-refractivity contribution is 0.439. The van der Waals surface area contributed by atoms with Crippen molar-refractivity contribution in [2.45, 2.75) is 20.4 Å². The van der Waals surface area contributed by atoms with E-state index in [2.05, 4.69) is 24.1 Å². The van der Waals surface area contributed by atoms with E-state index in [1.54, 1.807) is 12.1 Å². The Morgan fingerprint density at radius 3 is 2.76 bits per heavy atom. The number of hydrogen-bond donors (Lipinski definition) is 1. The predicted molar refractivity (Wildman–Crippen MR) is 82.3 cm³/mol. The van der Waals surface area contributed by atoms with Crippen LogP contribution in [0.1, 0.15) is 19.4 Å². The van der Waals surface area contributed by atoms with Crippen LogP contribution in [-0.4, -0.2) is 11.5 Å². The van der Waals surface area contributed by atoms with Crippen LogP contribution in [0.2, 0.25) is 5.02 Å². The van der Waals surface area contributed by atoms with Gasteiger partial charge in [-0.05, 0) is 30.2 Å².